The van der Waals surface area contributed by atoms with Crippen LogP contribution in [0.4, 0.5) is 0 Å². The second-order valence-electron chi connectivity index (χ2n) is 5.31. The van der Waals surface area contributed by atoms with Gasteiger partial charge >= 0.3 is 0 Å². The summed E-state index contributed by atoms with van der Waals surface area (Å²) in [5, 5.41) is 8.50. The molecule has 0 aliphatic carbocycles. The first kappa shape index (κ1) is 17.8. The first-order valence-corrected chi connectivity index (χ1v) is 8.83. The second-order valence-corrected chi connectivity index (χ2v) is 6.25. The molecule has 26 heavy (non-hydrogen) atoms. The van der Waals surface area contributed by atoms with Gasteiger partial charge in [0.2, 0.25) is 5.16 Å². The molecule has 0 bridgehead atoms. The molecule has 0 saturated heterocycles. The zero-order chi connectivity index (χ0) is 18.4. The minimum atomic E-state index is -0.0252. The summed E-state index contributed by atoms with van der Waals surface area (Å²) < 4.78 is 12.0. The quantitative estimate of drug-likeness (QED) is 0.370. The number of carbonyl (C=O) groups excluding carboxylic acids is 1. The van der Waals surface area contributed by atoms with Crippen LogP contribution >= 0.6 is 11.8 Å². The largest absolute Gasteiger partial charge is 0.497 e. The highest BCUT2D eigenvalue weighted by Gasteiger charge is 2.14. The summed E-state index contributed by atoms with van der Waals surface area (Å²) in [6.07, 6.45) is 0. The van der Waals surface area contributed by atoms with Crippen molar-refractivity contribution in [1.82, 2.24) is 14.9 Å². The number of nitrogens with two attached hydrogens (primary N) is 1. The van der Waals surface area contributed by atoms with Crippen molar-refractivity contribution < 1.29 is 14.3 Å². The van der Waals surface area contributed by atoms with E-state index in [1.807, 2.05) is 30.3 Å². The fourth-order valence-electron chi connectivity index (χ4n) is 2.16. The molecule has 0 aliphatic heterocycles. The van der Waals surface area contributed by atoms with Crippen LogP contribution in [0.2, 0.25) is 0 Å². The Kier molecular flexibility index (Phi) is 5.75. The molecule has 0 fully saturated rings. The lowest BCUT2D eigenvalue weighted by Gasteiger charge is -2.06. The molecule has 0 saturated carbocycles. The van der Waals surface area contributed by atoms with Gasteiger partial charge in [-0.1, -0.05) is 30.0 Å². The Bertz CT molecular complexity index is 866. The van der Waals surface area contributed by atoms with Crippen molar-refractivity contribution in [2.75, 3.05) is 18.7 Å². The van der Waals surface area contributed by atoms with Gasteiger partial charge in [0.05, 0.1) is 12.9 Å². The van der Waals surface area contributed by atoms with Crippen LogP contribution in [0.15, 0.2) is 59.8 Å². The van der Waals surface area contributed by atoms with Gasteiger partial charge in [0.15, 0.2) is 11.6 Å². The summed E-state index contributed by atoms with van der Waals surface area (Å²) in [7, 11) is 1.58. The number of rotatable bonds is 8. The number of ketones is 1. The predicted molar refractivity (Wildman–Crippen MR) is 99.0 cm³/mol. The van der Waals surface area contributed by atoms with Gasteiger partial charge in [0, 0.05) is 5.56 Å². The minimum Gasteiger partial charge on any atom is -0.497 e. The van der Waals surface area contributed by atoms with E-state index in [9.17, 15) is 4.79 Å². The van der Waals surface area contributed by atoms with Crippen LogP contribution in [0.3, 0.4) is 0 Å². The predicted octanol–water partition coefficient (Wildman–Crippen LogP) is 2.55. The van der Waals surface area contributed by atoms with Crippen molar-refractivity contribution in [3.05, 3.63) is 66.0 Å². The smallest absolute Gasteiger partial charge is 0.210 e. The number of methoxy groups -OCH3 is 1. The topological polar surface area (TPSA) is 92.3 Å². The molecule has 134 valence electrons. The normalized spacial score (nSPS) is 10.5. The Morgan fingerprint density at radius 1 is 1.08 bits per heavy atom. The highest BCUT2D eigenvalue weighted by atomic mass is 32.2. The van der Waals surface area contributed by atoms with Gasteiger partial charge in [-0.2, -0.15) is 0 Å². The summed E-state index contributed by atoms with van der Waals surface area (Å²) in [6, 6.07) is 16.3. The molecule has 1 heterocycles. The van der Waals surface area contributed by atoms with Crippen LogP contribution in [-0.2, 0) is 6.61 Å². The maximum absolute atomic E-state index is 12.3. The van der Waals surface area contributed by atoms with E-state index in [1.54, 1.807) is 31.4 Å². The summed E-state index contributed by atoms with van der Waals surface area (Å²) in [5.74, 6) is 8.09. The van der Waals surface area contributed by atoms with E-state index < -0.39 is 0 Å². The second kappa shape index (κ2) is 8.39. The molecule has 3 aromatic rings. The van der Waals surface area contributed by atoms with E-state index >= 15 is 0 Å². The molecule has 0 unspecified atom stereocenters. The number of nitrogens with zero attached hydrogens (tertiary/aromatic N) is 3. The zero-order valence-corrected chi connectivity index (χ0v) is 15.0. The summed E-state index contributed by atoms with van der Waals surface area (Å²) >= 11 is 1.23. The van der Waals surface area contributed by atoms with Gasteiger partial charge < -0.3 is 15.3 Å². The Morgan fingerprint density at radius 3 is 2.50 bits per heavy atom. The average Bonchev–Trinajstić information content (AvgIpc) is 3.05. The number of benzene rings is 2. The molecular weight excluding hydrogens is 352 g/mol. The molecule has 0 atom stereocenters. The van der Waals surface area contributed by atoms with E-state index in [2.05, 4.69) is 10.2 Å². The number of carbonyl (C=O) groups is 1. The molecule has 0 aliphatic rings. The molecule has 2 N–H and O–H groups in total. The van der Waals surface area contributed by atoms with Gasteiger partial charge in [0.1, 0.15) is 18.1 Å². The molecule has 1 aromatic heterocycles. The van der Waals surface area contributed by atoms with Crippen molar-refractivity contribution in [2.24, 2.45) is 0 Å². The lowest BCUT2D eigenvalue weighted by molar-refractivity contribution is 0.102. The highest BCUT2D eigenvalue weighted by molar-refractivity contribution is 7.99. The van der Waals surface area contributed by atoms with Crippen molar-refractivity contribution >= 4 is 17.5 Å². The molecule has 0 radical (unpaired) electrons. The third kappa shape index (κ3) is 4.34. The van der Waals surface area contributed by atoms with Crippen LogP contribution in [0.5, 0.6) is 11.5 Å². The first-order chi connectivity index (χ1) is 12.7. The number of nitrogen functional groups attached to an aromatic ring is 1. The van der Waals surface area contributed by atoms with Crippen molar-refractivity contribution in [3.8, 4) is 11.5 Å². The molecule has 7 nitrogen and oxygen atoms in total. The maximum atomic E-state index is 12.3. The van der Waals surface area contributed by atoms with Gasteiger partial charge in [-0.15, -0.1) is 10.2 Å². The van der Waals surface area contributed by atoms with Crippen LogP contribution in [0, 0.1) is 0 Å². The van der Waals surface area contributed by atoms with Crippen LogP contribution in [0.25, 0.3) is 0 Å². The number of para-hydroxylation sites is 1. The lowest BCUT2D eigenvalue weighted by Crippen LogP contribution is -2.16. The first-order valence-electron chi connectivity index (χ1n) is 7.84. The molecule has 2 aromatic carbocycles. The van der Waals surface area contributed by atoms with Crippen LogP contribution < -0.4 is 15.3 Å². The molecule has 0 amide bonds. The summed E-state index contributed by atoms with van der Waals surface area (Å²) in [5.41, 5.74) is 0.606. The van der Waals surface area contributed by atoms with E-state index in [-0.39, 0.29) is 18.1 Å². The number of hydrogen-bond acceptors (Lipinski definition) is 7. The molecule has 0 spiro atoms. The van der Waals surface area contributed by atoms with Crippen molar-refractivity contribution in [3.63, 3.8) is 0 Å². The van der Waals surface area contributed by atoms with E-state index in [4.69, 9.17) is 15.3 Å². The summed E-state index contributed by atoms with van der Waals surface area (Å²) in [6.45, 7) is 0.195. The van der Waals surface area contributed by atoms with Crippen LogP contribution in [-0.4, -0.2) is 33.5 Å². The maximum Gasteiger partial charge on any atom is 0.210 e. The Hall–Kier alpha value is -3.00. The minimum absolute atomic E-state index is 0.0252. The van der Waals surface area contributed by atoms with Crippen molar-refractivity contribution in [2.45, 2.75) is 11.8 Å². The average molecular weight is 370 g/mol. The van der Waals surface area contributed by atoms with Gasteiger partial charge in [-0.05, 0) is 36.4 Å². The van der Waals surface area contributed by atoms with E-state index in [0.29, 0.717) is 22.3 Å². The van der Waals surface area contributed by atoms with Crippen molar-refractivity contribution in [1.29, 1.82) is 0 Å². The fraction of sp³-hybridized carbons (Fsp3) is 0.167. The zero-order valence-electron chi connectivity index (χ0n) is 14.2. The Morgan fingerprint density at radius 2 is 1.81 bits per heavy atom. The molecule has 8 heteroatoms. The number of hydrogen-bond donors (Lipinski definition) is 1. The van der Waals surface area contributed by atoms with E-state index in [1.165, 1.54) is 16.4 Å². The lowest BCUT2D eigenvalue weighted by atomic mass is 10.1. The highest BCUT2D eigenvalue weighted by Crippen LogP contribution is 2.19. The number of thioether (sulfide) groups is 1. The Labute approximate surface area is 155 Å². The third-order valence-corrected chi connectivity index (χ3v) is 4.53. The van der Waals surface area contributed by atoms with Gasteiger partial charge in [0.25, 0.3) is 0 Å². The molecule has 3 rings (SSSR count). The van der Waals surface area contributed by atoms with Crippen LogP contribution in [0.1, 0.15) is 16.2 Å². The monoisotopic (exact) mass is 370 g/mol. The van der Waals surface area contributed by atoms with Gasteiger partial charge in [-0.25, -0.2) is 4.68 Å². The SMILES string of the molecule is COc1ccc(C(=O)CSc2nnc(COc3ccccc3)n2N)cc1. The fourth-order valence-corrected chi connectivity index (χ4v) is 2.93. The van der Waals surface area contributed by atoms with E-state index in [0.717, 1.165) is 5.75 Å². The van der Waals surface area contributed by atoms with Gasteiger partial charge in [-0.3, -0.25) is 4.79 Å². The molecular formula is C18H18N4O3S. The third-order valence-electron chi connectivity index (χ3n) is 3.59. The summed E-state index contributed by atoms with van der Waals surface area (Å²) in [4.78, 5) is 12.3. The standard InChI is InChI=1S/C18H18N4O3S/c1-24-14-9-7-13(8-10-14)16(23)12-26-18-21-20-17(22(18)19)11-25-15-5-3-2-4-6-15/h2-10H,11-12,19H2,1H3. The Balaban J connectivity index is 1.56. The number of ether oxygens (including phenoxy) is 2. The number of aromatic nitrogens is 3. The number of Topliss-reactive ketones (excluding diaryl/α,β-unsaturated/α-hetero) is 1.